The molecular weight excluding hydrogens is 328 g/mol. The van der Waals surface area contributed by atoms with Crippen molar-refractivity contribution in [2.45, 2.75) is 25.2 Å². The van der Waals surface area contributed by atoms with Gasteiger partial charge in [0.2, 0.25) is 10.0 Å². The Labute approximate surface area is 139 Å². The number of benzene rings is 1. The van der Waals surface area contributed by atoms with E-state index in [1.54, 1.807) is 13.0 Å². The van der Waals surface area contributed by atoms with Crippen molar-refractivity contribution >= 4 is 22.4 Å². The molecular formula is C14H25ClN2O4S. The molecule has 0 heterocycles. The van der Waals surface area contributed by atoms with Crippen molar-refractivity contribution in [1.29, 1.82) is 0 Å². The molecule has 128 valence electrons. The Balaban J connectivity index is 0.00000441. The zero-order valence-electron chi connectivity index (χ0n) is 13.4. The zero-order valence-corrected chi connectivity index (χ0v) is 15.1. The molecule has 0 radical (unpaired) electrons. The van der Waals surface area contributed by atoms with Crippen molar-refractivity contribution in [3.05, 3.63) is 17.7 Å². The maximum absolute atomic E-state index is 12.3. The van der Waals surface area contributed by atoms with Crippen LogP contribution in [0.5, 0.6) is 11.5 Å². The Bertz CT molecular complexity index is 564. The average Bonchev–Trinajstić information content (AvgIpc) is 2.46. The van der Waals surface area contributed by atoms with Crippen molar-refractivity contribution in [2.75, 3.05) is 33.9 Å². The highest BCUT2D eigenvalue weighted by molar-refractivity contribution is 7.89. The van der Waals surface area contributed by atoms with Crippen molar-refractivity contribution < 1.29 is 17.9 Å². The number of sulfonamides is 1. The number of nitrogens with one attached hydrogen (secondary N) is 2. The minimum atomic E-state index is -3.56. The second kappa shape index (κ2) is 9.89. The highest BCUT2D eigenvalue weighted by Crippen LogP contribution is 2.32. The standard InChI is InChI=1S/C14H24N2O4S.ClH/c1-5-6-15-7-8-16-21(17,18)14-10-13(20-4)12(19-3)9-11(14)2;/h9-10,15-16H,5-8H2,1-4H3;1H. The van der Waals surface area contributed by atoms with E-state index in [9.17, 15) is 8.42 Å². The van der Waals surface area contributed by atoms with Gasteiger partial charge in [0, 0.05) is 19.2 Å². The van der Waals surface area contributed by atoms with Crippen molar-refractivity contribution in [1.82, 2.24) is 10.0 Å². The summed E-state index contributed by atoms with van der Waals surface area (Å²) in [4.78, 5) is 0.204. The quantitative estimate of drug-likeness (QED) is 0.662. The smallest absolute Gasteiger partial charge is 0.241 e. The van der Waals surface area contributed by atoms with Gasteiger partial charge in [-0.05, 0) is 31.5 Å². The Morgan fingerprint density at radius 3 is 2.18 bits per heavy atom. The monoisotopic (exact) mass is 352 g/mol. The van der Waals surface area contributed by atoms with Gasteiger partial charge in [0.1, 0.15) is 0 Å². The van der Waals surface area contributed by atoms with Gasteiger partial charge in [-0.3, -0.25) is 0 Å². The number of halogens is 1. The molecule has 0 unspecified atom stereocenters. The summed E-state index contributed by atoms with van der Waals surface area (Å²) in [6, 6.07) is 3.14. The predicted octanol–water partition coefficient (Wildman–Crippen LogP) is 1.71. The van der Waals surface area contributed by atoms with Gasteiger partial charge in [-0.25, -0.2) is 13.1 Å². The zero-order chi connectivity index (χ0) is 15.9. The van der Waals surface area contributed by atoms with Crippen LogP contribution in [0.25, 0.3) is 0 Å². The molecule has 0 aliphatic heterocycles. The van der Waals surface area contributed by atoms with Crippen LogP contribution >= 0.6 is 12.4 Å². The van der Waals surface area contributed by atoms with Gasteiger partial charge >= 0.3 is 0 Å². The molecule has 0 bridgehead atoms. The van der Waals surface area contributed by atoms with Gasteiger partial charge in [0.05, 0.1) is 19.1 Å². The molecule has 8 heteroatoms. The van der Waals surface area contributed by atoms with Crippen LogP contribution in [0.1, 0.15) is 18.9 Å². The second-order valence-corrected chi connectivity index (χ2v) is 6.36. The minimum Gasteiger partial charge on any atom is -0.493 e. The van der Waals surface area contributed by atoms with E-state index in [1.165, 1.54) is 20.3 Å². The molecule has 1 rings (SSSR count). The van der Waals surface area contributed by atoms with E-state index in [-0.39, 0.29) is 17.3 Å². The SMILES string of the molecule is CCCNCCNS(=O)(=O)c1cc(OC)c(OC)cc1C.Cl. The first kappa shape index (κ1) is 21.0. The number of methoxy groups -OCH3 is 2. The fourth-order valence-corrected chi connectivity index (χ4v) is 3.18. The highest BCUT2D eigenvalue weighted by atomic mass is 35.5. The lowest BCUT2D eigenvalue weighted by molar-refractivity contribution is 0.353. The third kappa shape index (κ3) is 5.64. The first-order valence-corrected chi connectivity index (χ1v) is 8.37. The number of aryl methyl sites for hydroxylation is 1. The van der Waals surface area contributed by atoms with Crippen LogP contribution in [0, 0.1) is 6.92 Å². The van der Waals surface area contributed by atoms with E-state index in [4.69, 9.17) is 9.47 Å². The molecule has 0 aliphatic carbocycles. The molecule has 2 N–H and O–H groups in total. The lowest BCUT2D eigenvalue weighted by Gasteiger charge is -2.14. The Morgan fingerprint density at radius 1 is 1.05 bits per heavy atom. The van der Waals surface area contributed by atoms with E-state index in [0.29, 0.717) is 30.2 Å². The van der Waals surface area contributed by atoms with Crippen molar-refractivity contribution in [3.63, 3.8) is 0 Å². The Kier molecular flexibility index (Phi) is 9.43. The highest BCUT2D eigenvalue weighted by Gasteiger charge is 2.19. The molecule has 22 heavy (non-hydrogen) atoms. The fraction of sp³-hybridized carbons (Fsp3) is 0.571. The minimum absolute atomic E-state index is 0. The molecule has 0 spiro atoms. The first-order chi connectivity index (χ1) is 9.96. The molecule has 0 aliphatic rings. The van der Waals surface area contributed by atoms with E-state index in [2.05, 4.69) is 17.0 Å². The van der Waals surface area contributed by atoms with E-state index in [0.717, 1.165) is 13.0 Å². The summed E-state index contributed by atoms with van der Waals surface area (Å²) >= 11 is 0. The van der Waals surface area contributed by atoms with E-state index >= 15 is 0 Å². The van der Waals surface area contributed by atoms with Gasteiger partial charge in [0.15, 0.2) is 11.5 Å². The Hall–Kier alpha value is -1.02. The summed E-state index contributed by atoms with van der Waals surface area (Å²) in [5.41, 5.74) is 0.613. The molecule has 0 fully saturated rings. The first-order valence-electron chi connectivity index (χ1n) is 6.89. The maximum atomic E-state index is 12.3. The van der Waals surface area contributed by atoms with Gasteiger partial charge in [-0.15, -0.1) is 12.4 Å². The third-order valence-corrected chi connectivity index (χ3v) is 4.59. The third-order valence-electron chi connectivity index (χ3n) is 2.99. The number of ether oxygens (including phenoxy) is 2. The summed E-state index contributed by atoms with van der Waals surface area (Å²) in [5, 5.41) is 3.14. The van der Waals surface area contributed by atoms with Gasteiger partial charge in [0.25, 0.3) is 0 Å². The Morgan fingerprint density at radius 2 is 1.64 bits per heavy atom. The summed E-state index contributed by atoms with van der Waals surface area (Å²) in [6.45, 7) is 5.60. The molecule has 0 aromatic heterocycles. The van der Waals surface area contributed by atoms with Crippen LogP contribution in [-0.2, 0) is 10.0 Å². The summed E-state index contributed by atoms with van der Waals surface area (Å²) in [6.07, 6.45) is 1.02. The maximum Gasteiger partial charge on any atom is 0.241 e. The molecule has 1 aromatic carbocycles. The average molecular weight is 353 g/mol. The summed E-state index contributed by atoms with van der Waals surface area (Å²) < 4.78 is 37.5. The number of rotatable bonds is 9. The number of hydrogen-bond acceptors (Lipinski definition) is 5. The van der Waals surface area contributed by atoms with Crippen LogP contribution < -0.4 is 19.5 Å². The van der Waals surface area contributed by atoms with Crippen LogP contribution in [0.15, 0.2) is 17.0 Å². The topological polar surface area (TPSA) is 76.7 Å². The molecule has 6 nitrogen and oxygen atoms in total. The lowest BCUT2D eigenvalue weighted by Crippen LogP contribution is -2.32. The van der Waals surface area contributed by atoms with Crippen molar-refractivity contribution in [2.24, 2.45) is 0 Å². The number of hydrogen-bond donors (Lipinski definition) is 2. The largest absolute Gasteiger partial charge is 0.493 e. The van der Waals surface area contributed by atoms with E-state index in [1.807, 2.05) is 0 Å². The van der Waals surface area contributed by atoms with Crippen LogP contribution in [0.4, 0.5) is 0 Å². The van der Waals surface area contributed by atoms with Crippen molar-refractivity contribution in [3.8, 4) is 11.5 Å². The second-order valence-electron chi connectivity index (χ2n) is 4.62. The molecule has 1 aromatic rings. The van der Waals surface area contributed by atoms with Crippen LogP contribution in [0.2, 0.25) is 0 Å². The fourth-order valence-electron chi connectivity index (χ4n) is 1.90. The summed E-state index contributed by atoms with van der Waals surface area (Å²) in [5.74, 6) is 0.908. The van der Waals surface area contributed by atoms with Crippen LogP contribution in [0.3, 0.4) is 0 Å². The molecule has 0 amide bonds. The van der Waals surface area contributed by atoms with Gasteiger partial charge in [-0.2, -0.15) is 0 Å². The lowest BCUT2D eigenvalue weighted by atomic mass is 10.2. The van der Waals surface area contributed by atoms with Gasteiger partial charge < -0.3 is 14.8 Å². The molecule has 0 atom stereocenters. The molecule has 0 saturated carbocycles. The normalized spacial score (nSPS) is 10.9. The van der Waals surface area contributed by atoms with Crippen LogP contribution in [-0.4, -0.2) is 42.3 Å². The molecule has 0 saturated heterocycles. The summed E-state index contributed by atoms with van der Waals surface area (Å²) in [7, 11) is -0.566. The van der Waals surface area contributed by atoms with E-state index < -0.39 is 10.0 Å². The predicted molar refractivity (Wildman–Crippen MR) is 89.9 cm³/mol. The van der Waals surface area contributed by atoms with Gasteiger partial charge in [-0.1, -0.05) is 6.92 Å².